The van der Waals surface area contributed by atoms with Gasteiger partial charge in [0.05, 0.1) is 5.56 Å². The number of aryl methyl sites for hydroxylation is 1. The number of benzene rings is 1. The maximum Gasteiger partial charge on any atom is 0.259 e. The number of halogens is 2. The molecule has 1 heterocycles. The van der Waals surface area contributed by atoms with Crippen molar-refractivity contribution in [3.63, 3.8) is 0 Å². The van der Waals surface area contributed by atoms with Crippen LogP contribution in [-0.2, 0) is 7.05 Å². The Kier molecular flexibility index (Phi) is 3.10. The van der Waals surface area contributed by atoms with E-state index in [0.717, 1.165) is 6.07 Å². The van der Waals surface area contributed by atoms with E-state index in [9.17, 15) is 9.18 Å². The Morgan fingerprint density at radius 2 is 2.24 bits per heavy atom. The first-order valence-electron chi connectivity index (χ1n) is 4.82. The molecule has 0 saturated carbocycles. The Morgan fingerprint density at radius 1 is 1.47 bits per heavy atom. The Hall–Kier alpha value is -1.88. The number of nitrogens with zero attached hydrogens (tertiary/aromatic N) is 2. The molecule has 6 heteroatoms. The quantitative estimate of drug-likeness (QED) is 0.894. The van der Waals surface area contributed by atoms with Crippen LogP contribution >= 0.6 is 11.6 Å². The molecule has 0 saturated heterocycles. The summed E-state index contributed by atoms with van der Waals surface area (Å²) in [6.45, 7) is 0. The minimum absolute atomic E-state index is 0.0694. The summed E-state index contributed by atoms with van der Waals surface area (Å²) in [6.07, 6.45) is 1.67. The van der Waals surface area contributed by atoms with E-state index in [4.69, 9.17) is 11.6 Å². The van der Waals surface area contributed by atoms with Gasteiger partial charge in [0.15, 0.2) is 5.82 Å². The standard InChI is InChI=1S/C11H9ClFN3O/c1-16-5-4-10(15-16)14-11(17)8-3-2-7(12)6-9(8)13/h2-6H,1H3,(H,14,15,17). The number of aromatic nitrogens is 2. The molecule has 0 unspecified atom stereocenters. The first-order valence-corrected chi connectivity index (χ1v) is 5.20. The van der Waals surface area contributed by atoms with Crippen molar-refractivity contribution < 1.29 is 9.18 Å². The number of anilines is 1. The normalized spacial score (nSPS) is 10.3. The lowest BCUT2D eigenvalue weighted by molar-refractivity contribution is 0.102. The fourth-order valence-electron chi connectivity index (χ4n) is 1.34. The molecule has 2 rings (SSSR count). The molecular formula is C11H9ClFN3O. The molecule has 4 nitrogen and oxygen atoms in total. The summed E-state index contributed by atoms with van der Waals surface area (Å²) in [7, 11) is 1.72. The average Bonchev–Trinajstić information content (AvgIpc) is 2.63. The van der Waals surface area contributed by atoms with E-state index < -0.39 is 11.7 Å². The van der Waals surface area contributed by atoms with E-state index in [0.29, 0.717) is 5.82 Å². The molecule has 1 aromatic carbocycles. The number of rotatable bonds is 2. The van der Waals surface area contributed by atoms with E-state index in [1.807, 2.05) is 0 Å². The minimum atomic E-state index is -0.661. The van der Waals surface area contributed by atoms with Crippen molar-refractivity contribution in [1.82, 2.24) is 9.78 Å². The highest BCUT2D eigenvalue weighted by Crippen LogP contribution is 2.15. The van der Waals surface area contributed by atoms with Gasteiger partial charge in [-0.25, -0.2) is 4.39 Å². The first-order chi connectivity index (χ1) is 8.06. The van der Waals surface area contributed by atoms with Crippen molar-refractivity contribution in [1.29, 1.82) is 0 Å². The van der Waals surface area contributed by atoms with Gasteiger partial charge in [-0.05, 0) is 18.2 Å². The Bertz CT molecular complexity index is 568. The van der Waals surface area contributed by atoms with Crippen molar-refractivity contribution in [3.05, 3.63) is 46.9 Å². The van der Waals surface area contributed by atoms with Crippen LogP contribution in [0.4, 0.5) is 10.2 Å². The fraction of sp³-hybridized carbons (Fsp3) is 0.0909. The van der Waals surface area contributed by atoms with E-state index in [-0.39, 0.29) is 10.6 Å². The molecule has 0 atom stereocenters. The lowest BCUT2D eigenvalue weighted by Gasteiger charge is -2.03. The Labute approximate surface area is 102 Å². The number of carbonyl (C=O) groups excluding carboxylic acids is 1. The predicted molar refractivity (Wildman–Crippen MR) is 62.6 cm³/mol. The third-order valence-corrected chi connectivity index (χ3v) is 2.37. The highest BCUT2D eigenvalue weighted by Gasteiger charge is 2.12. The van der Waals surface area contributed by atoms with Crippen molar-refractivity contribution in [2.75, 3.05) is 5.32 Å². The number of amides is 1. The van der Waals surface area contributed by atoms with Gasteiger partial charge in [-0.15, -0.1) is 0 Å². The average molecular weight is 254 g/mol. The van der Waals surface area contributed by atoms with Crippen LogP contribution in [0.25, 0.3) is 0 Å². The Balaban J connectivity index is 2.20. The lowest BCUT2D eigenvalue weighted by Crippen LogP contribution is -2.14. The third-order valence-electron chi connectivity index (χ3n) is 2.13. The number of hydrogen-bond donors (Lipinski definition) is 1. The molecule has 88 valence electrons. The summed E-state index contributed by atoms with van der Waals surface area (Å²) in [5, 5.41) is 6.69. The molecule has 0 aliphatic heterocycles. The van der Waals surface area contributed by atoms with E-state index in [1.54, 1.807) is 19.3 Å². The zero-order chi connectivity index (χ0) is 12.4. The van der Waals surface area contributed by atoms with Gasteiger partial charge in [-0.1, -0.05) is 11.6 Å². The molecule has 0 aliphatic carbocycles. The topological polar surface area (TPSA) is 46.9 Å². The number of hydrogen-bond acceptors (Lipinski definition) is 2. The fourth-order valence-corrected chi connectivity index (χ4v) is 1.50. The highest BCUT2D eigenvalue weighted by atomic mass is 35.5. The maximum atomic E-state index is 13.4. The van der Waals surface area contributed by atoms with Crippen molar-refractivity contribution in [2.45, 2.75) is 0 Å². The van der Waals surface area contributed by atoms with Crippen LogP contribution in [0.1, 0.15) is 10.4 Å². The maximum absolute atomic E-state index is 13.4. The second-order valence-corrected chi connectivity index (χ2v) is 3.89. The molecule has 0 spiro atoms. The van der Waals surface area contributed by atoms with Crippen LogP contribution in [0.2, 0.25) is 5.02 Å². The minimum Gasteiger partial charge on any atom is -0.305 e. The molecule has 0 aliphatic rings. The van der Waals surface area contributed by atoms with Crippen LogP contribution in [-0.4, -0.2) is 15.7 Å². The van der Waals surface area contributed by atoms with Gasteiger partial charge in [0, 0.05) is 24.3 Å². The SMILES string of the molecule is Cn1ccc(NC(=O)c2ccc(Cl)cc2F)n1. The molecule has 0 bridgehead atoms. The third kappa shape index (κ3) is 2.62. The predicted octanol–water partition coefficient (Wildman–Crippen LogP) is 2.46. The Morgan fingerprint density at radius 3 is 2.82 bits per heavy atom. The number of carbonyl (C=O) groups is 1. The summed E-state index contributed by atoms with van der Waals surface area (Å²) >= 11 is 5.60. The van der Waals surface area contributed by atoms with Gasteiger partial charge in [-0.2, -0.15) is 5.10 Å². The molecule has 1 N–H and O–H groups in total. The second kappa shape index (κ2) is 4.55. The van der Waals surface area contributed by atoms with Crippen LogP contribution in [0.3, 0.4) is 0 Å². The largest absolute Gasteiger partial charge is 0.305 e. The molecular weight excluding hydrogens is 245 g/mol. The van der Waals surface area contributed by atoms with Crippen LogP contribution in [0.5, 0.6) is 0 Å². The van der Waals surface area contributed by atoms with Gasteiger partial charge in [0.1, 0.15) is 5.82 Å². The molecule has 1 aromatic heterocycles. The van der Waals surface area contributed by atoms with Crippen LogP contribution in [0, 0.1) is 5.82 Å². The first kappa shape index (κ1) is 11.6. The molecule has 0 fully saturated rings. The monoisotopic (exact) mass is 253 g/mol. The smallest absolute Gasteiger partial charge is 0.259 e. The van der Waals surface area contributed by atoms with E-state index in [2.05, 4.69) is 10.4 Å². The highest BCUT2D eigenvalue weighted by molar-refractivity contribution is 6.30. The zero-order valence-corrected chi connectivity index (χ0v) is 9.70. The summed E-state index contributed by atoms with van der Waals surface area (Å²) in [5.41, 5.74) is -0.0694. The number of nitrogens with one attached hydrogen (secondary N) is 1. The van der Waals surface area contributed by atoms with Gasteiger partial charge >= 0.3 is 0 Å². The van der Waals surface area contributed by atoms with Gasteiger partial charge in [0.25, 0.3) is 5.91 Å². The lowest BCUT2D eigenvalue weighted by atomic mass is 10.2. The molecule has 0 radical (unpaired) electrons. The van der Waals surface area contributed by atoms with Crippen molar-refractivity contribution in [3.8, 4) is 0 Å². The van der Waals surface area contributed by atoms with E-state index in [1.165, 1.54) is 16.8 Å². The molecule has 2 aromatic rings. The summed E-state index contributed by atoms with van der Waals surface area (Å²) in [4.78, 5) is 11.7. The molecule has 1 amide bonds. The van der Waals surface area contributed by atoms with E-state index >= 15 is 0 Å². The summed E-state index contributed by atoms with van der Waals surface area (Å²) in [6, 6.07) is 5.49. The molecule has 17 heavy (non-hydrogen) atoms. The van der Waals surface area contributed by atoms with Crippen LogP contribution < -0.4 is 5.32 Å². The summed E-state index contributed by atoms with van der Waals surface area (Å²) < 4.78 is 15.0. The summed E-state index contributed by atoms with van der Waals surface area (Å²) in [5.74, 6) is -0.851. The van der Waals surface area contributed by atoms with Crippen molar-refractivity contribution in [2.24, 2.45) is 7.05 Å². The van der Waals surface area contributed by atoms with Gasteiger partial charge in [-0.3, -0.25) is 9.48 Å². The van der Waals surface area contributed by atoms with Crippen LogP contribution in [0.15, 0.2) is 30.5 Å². The van der Waals surface area contributed by atoms with Gasteiger partial charge in [0.2, 0.25) is 0 Å². The van der Waals surface area contributed by atoms with Gasteiger partial charge < -0.3 is 5.32 Å². The van der Waals surface area contributed by atoms with Crippen molar-refractivity contribution >= 4 is 23.3 Å². The second-order valence-electron chi connectivity index (χ2n) is 3.45. The zero-order valence-electron chi connectivity index (χ0n) is 8.95.